The van der Waals surface area contributed by atoms with Gasteiger partial charge in [-0.15, -0.1) is 5.10 Å². The molecule has 1 heterocycles. The van der Waals surface area contributed by atoms with E-state index < -0.39 is 0 Å². The molecule has 0 fully saturated rings. The summed E-state index contributed by atoms with van der Waals surface area (Å²) < 4.78 is 1.60. The number of nitrogens with two attached hydrogens (primary N) is 1. The third-order valence-electron chi connectivity index (χ3n) is 2.34. The number of nitrogens with zero attached hydrogens (tertiary/aromatic N) is 2. The summed E-state index contributed by atoms with van der Waals surface area (Å²) in [7, 11) is 0. The molecule has 2 aromatic rings. The Kier molecular flexibility index (Phi) is 3.98. The van der Waals surface area contributed by atoms with Crippen molar-refractivity contribution in [2.45, 2.75) is 29.9 Å². The molecular formula is C11H13ClN4OS. The largest absolute Gasteiger partial charge is 0.398 e. The number of hydrogen-bond donors (Lipinski definition) is 2. The zero-order valence-electron chi connectivity index (χ0n) is 9.81. The molecule has 18 heavy (non-hydrogen) atoms. The van der Waals surface area contributed by atoms with Gasteiger partial charge in [0.1, 0.15) is 0 Å². The Bertz CT molecular complexity index is 607. The Morgan fingerprint density at radius 1 is 1.56 bits per heavy atom. The highest BCUT2D eigenvalue weighted by Gasteiger charge is 2.11. The molecule has 0 radical (unpaired) electrons. The first-order chi connectivity index (χ1) is 8.61. The summed E-state index contributed by atoms with van der Waals surface area (Å²) in [4.78, 5) is 12.4. The minimum Gasteiger partial charge on any atom is -0.398 e. The van der Waals surface area contributed by atoms with Crippen LogP contribution < -0.4 is 11.4 Å². The van der Waals surface area contributed by atoms with Crippen molar-refractivity contribution in [3.8, 4) is 0 Å². The SMILES string of the molecule is CCCn1c(Sc2ccc(Cl)cc2N)n[nH]c1=O. The molecule has 5 nitrogen and oxygen atoms in total. The van der Waals surface area contributed by atoms with Gasteiger partial charge in [0.05, 0.1) is 0 Å². The normalized spacial score (nSPS) is 10.8. The molecule has 0 saturated carbocycles. The van der Waals surface area contributed by atoms with E-state index in [1.54, 1.807) is 16.7 Å². The van der Waals surface area contributed by atoms with Gasteiger partial charge in [-0.1, -0.05) is 18.5 Å². The van der Waals surface area contributed by atoms with Crippen LogP contribution in [-0.4, -0.2) is 14.8 Å². The second-order valence-electron chi connectivity index (χ2n) is 3.75. The summed E-state index contributed by atoms with van der Waals surface area (Å²) in [5.41, 5.74) is 6.24. The fraction of sp³-hybridized carbons (Fsp3) is 0.273. The highest BCUT2D eigenvalue weighted by atomic mass is 35.5. The van der Waals surface area contributed by atoms with Crippen molar-refractivity contribution in [2.24, 2.45) is 0 Å². The zero-order valence-corrected chi connectivity index (χ0v) is 11.4. The summed E-state index contributed by atoms with van der Waals surface area (Å²) in [6, 6.07) is 5.26. The lowest BCUT2D eigenvalue weighted by Gasteiger charge is -2.06. The van der Waals surface area contributed by atoms with E-state index in [0.29, 0.717) is 22.4 Å². The molecule has 0 spiro atoms. The average Bonchev–Trinajstić information content (AvgIpc) is 2.66. The van der Waals surface area contributed by atoms with Gasteiger partial charge in [0.15, 0.2) is 5.16 Å². The monoisotopic (exact) mass is 284 g/mol. The van der Waals surface area contributed by atoms with Crippen molar-refractivity contribution in [3.05, 3.63) is 33.7 Å². The Morgan fingerprint density at radius 2 is 2.33 bits per heavy atom. The number of nitrogen functional groups attached to an aromatic ring is 1. The topological polar surface area (TPSA) is 76.7 Å². The quantitative estimate of drug-likeness (QED) is 0.845. The van der Waals surface area contributed by atoms with Gasteiger partial charge in [-0.25, -0.2) is 9.89 Å². The zero-order chi connectivity index (χ0) is 13.1. The van der Waals surface area contributed by atoms with Gasteiger partial charge in [-0.3, -0.25) is 4.57 Å². The number of aromatic amines is 1. The molecule has 1 aromatic carbocycles. The fourth-order valence-corrected chi connectivity index (χ4v) is 2.58. The number of halogens is 1. The average molecular weight is 285 g/mol. The van der Waals surface area contributed by atoms with E-state index in [-0.39, 0.29) is 5.69 Å². The fourth-order valence-electron chi connectivity index (χ4n) is 1.51. The lowest BCUT2D eigenvalue weighted by Crippen LogP contribution is -2.17. The molecule has 1 aromatic heterocycles. The van der Waals surface area contributed by atoms with E-state index in [0.717, 1.165) is 11.3 Å². The van der Waals surface area contributed by atoms with Crippen molar-refractivity contribution >= 4 is 29.1 Å². The third-order valence-corrected chi connectivity index (χ3v) is 3.66. The van der Waals surface area contributed by atoms with E-state index in [1.165, 1.54) is 11.8 Å². The van der Waals surface area contributed by atoms with Crippen molar-refractivity contribution in [3.63, 3.8) is 0 Å². The number of benzene rings is 1. The lowest BCUT2D eigenvalue weighted by atomic mass is 10.3. The Balaban J connectivity index is 2.31. The number of rotatable bonds is 4. The first-order valence-corrected chi connectivity index (χ1v) is 6.69. The van der Waals surface area contributed by atoms with Crippen molar-refractivity contribution in [1.82, 2.24) is 14.8 Å². The molecule has 96 valence electrons. The molecule has 3 N–H and O–H groups in total. The van der Waals surface area contributed by atoms with Crippen LogP contribution in [0.5, 0.6) is 0 Å². The van der Waals surface area contributed by atoms with Crippen molar-refractivity contribution < 1.29 is 0 Å². The molecule has 0 atom stereocenters. The van der Waals surface area contributed by atoms with Gasteiger partial charge < -0.3 is 5.73 Å². The number of anilines is 1. The third kappa shape index (κ3) is 2.70. The molecular weight excluding hydrogens is 272 g/mol. The molecule has 0 saturated heterocycles. The van der Waals surface area contributed by atoms with E-state index in [4.69, 9.17) is 17.3 Å². The summed E-state index contributed by atoms with van der Waals surface area (Å²) in [6.45, 7) is 2.63. The van der Waals surface area contributed by atoms with E-state index in [1.807, 2.05) is 13.0 Å². The maximum atomic E-state index is 11.5. The number of nitrogens with one attached hydrogen (secondary N) is 1. The van der Waals surface area contributed by atoms with Gasteiger partial charge in [-0.2, -0.15) is 0 Å². The first kappa shape index (κ1) is 13.0. The smallest absolute Gasteiger partial charge is 0.343 e. The van der Waals surface area contributed by atoms with Gasteiger partial charge >= 0.3 is 5.69 Å². The number of hydrogen-bond acceptors (Lipinski definition) is 4. The highest BCUT2D eigenvalue weighted by Crippen LogP contribution is 2.31. The first-order valence-electron chi connectivity index (χ1n) is 5.50. The van der Waals surface area contributed by atoms with Crippen LogP contribution in [0.25, 0.3) is 0 Å². The van der Waals surface area contributed by atoms with E-state index in [9.17, 15) is 4.79 Å². The molecule has 7 heteroatoms. The second-order valence-corrected chi connectivity index (χ2v) is 5.19. The van der Waals surface area contributed by atoms with Crippen LogP contribution >= 0.6 is 23.4 Å². The summed E-state index contributed by atoms with van der Waals surface area (Å²) in [5.74, 6) is 0. The summed E-state index contributed by atoms with van der Waals surface area (Å²) >= 11 is 7.19. The molecule has 0 aliphatic heterocycles. The lowest BCUT2D eigenvalue weighted by molar-refractivity contribution is 0.604. The summed E-state index contributed by atoms with van der Waals surface area (Å²) in [5, 5.41) is 7.63. The van der Waals surface area contributed by atoms with Crippen molar-refractivity contribution in [1.29, 1.82) is 0 Å². The van der Waals surface area contributed by atoms with Crippen LogP contribution in [0.1, 0.15) is 13.3 Å². The van der Waals surface area contributed by atoms with Crippen LogP contribution in [0.2, 0.25) is 5.02 Å². The van der Waals surface area contributed by atoms with Gasteiger partial charge in [0.2, 0.25) is 0 Å². The maximum absolute atomic E-state index is 11.5. The molecule has 0 amide bonds. The molecule has 0 unspecified atom stereocenters. The molecule has 0 bridgehead atoms. The van der Waals surface area contributed by atoms with Gasteiger partial charge in [-0.05, 0) is 36.4 Å². The van der Waals surface area contributed by atoms with Crippen LogP contribution in [0.3, 0.4) is 0 Å². The second kappa shape index (κ2) is 5.49. The van der Waals surface area contributed by atoms with Gasteiger partial charge in [0.25, 0.3) is 0 Å². The standard InChI is InChI=1S/C11H13ClN4OS/c1-2-5-16-10(17)14-15-11(16)18-9-4-3-7(12)6-8(9)13/h3-4,6H,2,5,13H2,1H3,(H,14,17). The minimum atomic E-state index is -0.202. The van der Waals surface area contributed by atoms with Crippen LogP contribution in [-0.2, 0) is 6.54 Å². The van der Waals surface area contributed by atoms with E-state index in [2.05, 4.69) is 10.2 Å². The maximum Gasteiger partial charge on any atom is 0.343 e. The molecule has 0 aliphatic rings. The Morgan fingerprint density at radius 3 is 3.00 bits per heavy atom. The predicted molar refractivity (Wildman–Crippen MR) is 73.1 cm³/mol. The van der Waals surface area contributed by atoms with Crippen LogP contribution in [0.4, 0.5) is 5.69 Å². The van der Waals surface area contributed by atoms with E-state index >= 15 is 0 Å². The number of H-pyrrole nitrogens is 1. The van der Waals surface area contributed by atoms with Crippen LogP contribution in [0, 0.1) is 0 Å². The summed E-state index contributed by atoms with van der Waals surface area (Å²) in [6.07, 6.45) is 0.864. The number of aromatic nitrogens is 3. The minimum absolute atomic E-state index is 0.202. The Hall–Kier alpha value is -1.40. The molecule has 2 rings (SSSR count). The Labute approximate surface area is 113 Å². The van der Waals surface area contributed by atoms with Crippen molar-refractivity contribution in [2.75, 3.05) is 5.73 Å². The predicted octanol–water partition coefficient (Wildman–Crippen LogP) is 2.37. The molecule has 0 aliphatic carbocycles. The van der Waals surface area contributed by atoms with Gasteiger partial charge in [0, 0.05) is 22.2 Å². The highest BCUT2D eigenvalue weighted by molar-refractivity contribution is 7.99. The van der Waals surface area contributed by atoms with Crippen LogP contribution in [0.15, 0.2) is 33.0 Å².